The summed E-state index contributed by atoms with van der Waals surface area (Å²) in [5.41, 5.74) is 0.383. The number of nitrogens with zero attached hydrogens (tertiary/aromatic N) is 1. The Hall–Kier alpha value is -2.34. The highest BCUT2D eigenvalue weighted by Gasteiger charge is 2.35. The van der Waals surface area contributed by atoms with Crippen LogP contribution in [0.15, 0.2) is 42.5 Å². The molecule has 1 aliphatic rings. The lowest BCUT2D eigenvalue weighted by atomic mass is 9.72. The Balaban J connectivity index is 1.73. The normalized spacial score (nSPS) is 16.9. The van der Waals surface area contributed by atoms with Gasteiger partial charge in [-0.25, -0.2) is 13.2 Å². The van der Waals surface area contributed by atoms with Gasteiger partial charge in [-0.15, -0.1) is 0 Å². The number of benzene rings is 2. The summed E-state index contributed by atoms with van der Waals surface area (Å²) in [6, 6.07) is 11.5. The van der Waals surface area contributed by atoms with E-state index in [4.69, 9.17) is 0 Å². The first kappa shape index (κ1) is 19.4. The Labute approximate surface area is 157 Å². The van der Waals surface area contributed by atoms with Crippen molar-refractivity contribution in [2.75, 3.05) is 26.7 Å². The molecule has 1 N–H and O–H groups in total. The maximum Gasteiger partial charge on any atom is 0.224 e. The number of carbonyl (C=O) groups excluding carboxylic acids is 1. The molecule has 0 atom stereocenters. The van der Waals surface area contributed by atoms with Crippen molar-refractivity contribution in [3.8, 4) is 0 Å². The van der Waals surface area contributed by atoms with Crippen LogP contribution in [0.3, 0.4) is 0 Å². The van der Waals surface area contributed by atoms with E-state index in [1.165, 1.54) is 0 Å². The van der Waals surface area contributed by atoms with Crippen molar-refractivity contribution in [2.24, 2.45) is 0 Å². The van der Waals surface area contributed by atoms with Crippen LogP contribution in [0.5, 0.6) is 0 Å². The minimum absolute atomic E-state index is 0.220. The van der Waals surface area contributed by atoms with Gasteiger partial charge in [-0.2, -0.15) is 0 Å². The summed E-state index contributed by atoms with van der Waals surface area (Å²) in [5.74, 6) is -3.90. The van der Waals surface area contributed by atoms with Gasteiger partial charge in [0.05, 0.1) is 6.42 Å². The van der Waals surface area contributed by atoms with Crippen LogP contribution >= 0.6 is 0 Å². The number of likely N-dealkylation sites (tertiary alicyclic amines) is 1. The molecular weight excluding hydrogens is 353 g/mol. The van der Waals surface area contributed by atoms with Crippen molar-refractivity contribution in [2.45, 2.75) is 24.7 Å². The summed E-state index contributed by atoms with van der Waals surface area (Å²) in [6.07, 6.45) is 1.22. The molecular formula is C21H23F3N2O. The molecule has 1 saturated heterocycles. The maximum atomic E-state index is 13.8. The fourth-order valence-corrected chi connectivity index (χ4v) is 3.63. The van der Waals surface area contributed by atoms with Crippen LogP contribution in [0.4, 0.5) is 13.2 Å². The zero-order valence-corrected chi connectivity index (χ0v) is 15.3. The molecule has 0 aromatic heterocycles. The lowest BCUT2D eigenvalue weighted by Gasteiger charge is -2.41. The Bertz CT molecular complexity index is 803. The molecule has 6 heteroatoms. The van der Waals surface area contributed by atoms with Gasteiger partial charge in [0.2, 0.25) is 5.91 Å². The molecule has 1 aliphatic heterocycles. The Morgan fingerprint density at radius 2 is 1.67 bits per heavy atom. The summed E-state index contributed by atoms with van der Waals surface area (Å²) < 4.78 is 40.9. The van der Waals surface area contributed by atoms with Crippen molar-refractivity contribution in [3.63, 3.8) is 0 Å². The second-order valence-corrected chi connectivity index (χ2v) is 7.22. The van der Waals surface area contributed by atoms with Crippen molar-refractivity contribution >= 4 is 5.91 Å². The number of hydrogen-bond acceptors (Lipinski definition) is 2. The molecule has 0 saturated carbocycles. The largest absolute Gasteiger partial charge is 0.355 e. The van der Waals surface area contributed by atoms with E-state index in [0.717, 1.165) is 43.6 Å². The van der Waals surface area contributed by atoms with E-state index in [-0.39, 0.29) is 5.41 Å². The first-order chi connectivity index (χ1) is 12.9. The van der Waals surface area contributed by atoms with Gasteiger partial charge in [0.25, 0.3) is 0 Å². The molecule has 1 amide bonds. The van der Waals surface area contributed by atoms with Crippen molar-refractivity contribution in [1.29, 1.82) is 0 Å². The number of carbonyl (C=O) groups is 1. The monoisotopic (exact) mass is 376 g/mol. The molecule has 3 nitrogen and oxygen atoms in total. The number of hydrogen-bond donors (Lipinski definition) is 1. The van der Waals surface area contributed by atoms with Crippen LogP contribution in [0.25, 0.3) is 0 Å². The van der Waals surface area contributed by atoms with E-state index in [0.29, 0.717) is 6.54 Å². The van der Waals surface area contributed by atoms with Crippen LogP contribution < -0.4 is 5.32 Å². The smallest absolute Gasteiger partial charge is 0.224 e. The van der Waals surface area contributed by atoms with Gasteiger partial charge in [-0.1, -0.05) is 30.3 Å². The highest BCUT2D eigenvalue weighted by Crippen LogP contribution is 2.34. The zero-order valence-electron chi connectivity index (χ0n) is 15.3. The Morgan fingerprint density at radius 1 is 1.04 bits per heavy atom. The molecule has 2 aromatic rings. The standard InChI is InChI=1S/C21H23F3N2O/c1-26-11-9-21(10-12-26,15-5-3-2-4-6-15)14-25-19(27)13-16-17(22)7-8-18(23)20(16)24/h2-8H,9-14H2,1H3,(H,25,27). The Morgan fingerprint density at radius 3 is 2.33 bits per heavy atom. The maximum absolute atomic E-state index is 13.8. The fourth-order valence-electron chi connectivity index (χ4n) is 3.63. The third kappa shape index (κ3) is 4.33. The van der Waals surface area contributed by atoms with Gasteiger partial charge in [0, 0.05) is 17.5 Å². The SMILES string of the molecule is CN1CCC(CNC(=O)Cc2c(F)ccc(F)c2F)(c2ccccc2)CC1. The minimum Gasteiger partial charge on any atom is -0.355 e. The number of amides is 1. The molecule has 1 heterocycles. The summed E-state index contributed by atoms with van der Waals surface area (Å²) in [5, 5.41) is 2.82. The number of nitrogens with one attached hydrogen (secondary N) is 1. The molecule has 144 valence electrons. The van der Waals surface area contributed by atoms with Crippen LogP contribution in [-0.2, 0) is 16.6 Å². The summed E-state index contributed by atoms with van der Waals surface area (Å²) in [4.78, 5) is 14.6. The van der Waals surface area contributed by atoms with Crippen molar-refractivity contribution in [1.82, 2.24) is 10.2 Å². The van der Waals surface area contributed by atoms with E-state index in [1.54, 1.807) is 0 Å². The summed E-state index contributed by atoms with van der Waals surface area (Å²) in [6.45, 7) is 2.18. The van der Waals surface area contributed by atoms with Gasteiger partial charge in [0.15, 0.2) is 11.6 Å². The third-order valence-corrected chi connectivity index (χ3v) is 5.43. The highest BCUT2D eigenvalue weighted by molar-refractivity contribution is 5.78. The highest BCUT2D eigenvalue weighted by atomic mass is 19.2. The molecule has 0 radical (unpaired) electrons. The zero-order chi connectivity index (χ0) is 19.4. The average Bonchev–Trinajstić information content (AvgIpc) is 2.69. The van der Waals surface area contributed by atoms with E-state index in [1.807, 2.05) is 30.3 Å². The van der Waals surface area contributed by atoms with E-state index >= 15 is 0 Å². The van der Waals surface area contributed by atoms with Crippen LogP contribution in [0.1, 0.15) is 24.0 Å². The fraction of sp³-hybridized carbons (Fsp3) is 0.381. The van der Waals surface area contributed by atoms with Crippen LogP contribution in [0, 0.1) is 17.5 Å². The first-order valence-electron chi connectivity index (χ1n) is 9.04. The molecule has 2 aromatic carbocycles. The van der Waals surface area contributed by atoms with Gasteiger partial charge in [-0.05, 0) is 50.7 Å². The summed E-state index contributed by atoms with van der Waals surface area (Å²) in [7, 11) is 2.06. The van der Waals surface area contributed by atoms with Gasteiger partial charge < -0.3 is 10.2 Å². The number of piperidine rings is 1. The van der Waals surface area contributed by atoms with E-state index in [9.17, 15) is 18.0 Å². The molecule has 0 bridgehead atoms. The minimum atomic E-state index is -1.30. The van der Waals surface area contributed by atoms with Crippen molar-refractivity contribution in [3.05, 3.63) is 71.0 Å². The lowest BCUT2D eigenvalue weighted by molar-refractivity contribution is -0.120. The molecule has 3 rings (SSSR count). The first-order valence-corrected chi connectivity index (χ1v) is 9.04. The quantitative estimate of drug-likeness (QED) is 0.811. The van der Waals surface area contributed by atoms with Gasteiger partial charge >= 0.3 is 0 Å². The number of rotatable bonds is 5. The lowest BCUT2D eigenvalue weighted by Crippen LogP contribution is -2.48. The van der Waals surface area contributed by atoms with Gasteiger partial charge in [0.1, 0.15) is 5.82 Å². The van der Waals surface area contributed by atoms with Crippen LogP contribution in [-0.4, -0.2) is 37.5 Å². The van der Waals surface area contributed by atoms with E-state index < -0.39 is 35.3 Å². The molecule has 0 spiro atoms. The third-order valence-electron chi connectivity index (χ3n) is 5.43. The van der Waals surface area contributed by atoms with Crippen LogP contribution in [0.2, 0.25) is 0 Å². The second kappa shape index (κ2) is 8.13. The molecule has 27 heavy (non-hydrogen) atoms. The Kier molecular flexibility index (Phi) is 5.85. The predicted octanol–water partition coefficient (Wildman–Crippen LogP) is 3.43. The molecule has 1 fully saturated rings. The predicted molar refractivity (Wildman–Crippen MR) is 97.9 cm³/mol. The average molecular weight is 376 g/mol. The molecule has 0 aliphatic carbocycles. The number of halogens is 3. The summed E-state index contributed by atoms with van der Waals surface area (Å²) >= 11 is 0. The molecule has 0 unspecified atom stereocenters. The van der Waals surface area contributed by atoms with E-state index in [2.05, 4.69) is 17.3 Å². The van der Waals surface area contributed by atoms with Gasteiger partial charge in [-0.3, -0.25) is 4.79 Å². The topological polar surface area (TPSA) is 32.3 Å². The van der Waals surface area contributed by atoms with Crippen molar-refractivity contribution < 1.29 is 18.0 Å². The second-order valence-electron chi connectivity index (χ2n) is 7.22.